The lowest BCUT2D eigenvalue weighted by atomic mass is 10.0. The molecule has 0 aliphatic heterocycles. The van der Waals surface area contributed by atoms with Crippen molar-refractivity contribution in [3.8, 4) is 0 Å². The molecule has 1 heterocycles. The van der Waals surface area contributed by atoms with Gasteiger partial charge in [0, 0.05) is 36.1 Å². The van der Waals surface area contributed by atoms with Gasteiger partial charge in [-0.2, -0.15) is 0 Å². The number of ether oxygens (including phenoxy) is 1. The van der Waals surface area contributed by atoms with E-state index >= 15 is 0 Å². The highest BCUT2D eigenvalue weighted by Gasteiger charge is 2.29. The Morgan fingerprint density at radius 2 is 1.80 bits per heavy atom. The summed E-state index contributed by atoms with van der Waals surface area (Å²) in [6.45, 7) is 11.9. The minimum atomic E-state index is -0.382. The van der Waals surface area contributed by atoms with Gasteiger partial charge >= 0.3 is 0 Å². The Balaban J connectivity index is 2.23. The summed E-state index contributed by atoms with van der Waals surface area (Å²) < 4.78 is 5.88. The fraction of sp³-hybridized carbons (Fsp3) is 0.750. The van der Waals surface area contributed by atoms with Gasteiger partial charge in [0.05, 0.1) is 0 Å². The Hall–Kier alpha value is -1.00. The second-order valence-corrected chi connectivity index (χ2v) is 5.87. The van der Waals surface area contributed by atoms with Crippen molar-refractivity contribution in [3.63, 3.8) is 0 Å². The summed E-state index contributed by atoms with van der Waals surface area (Å²) in [5.74, 6) is 0.812. The molecule has 1 aliphatic rings. The first-order valence-corrected chi connectivity index (χ1v) is 7.72. The summed E-state index contributed by atoms with van der Waals surface area (Å²) in [6.07, 6.45) is 3.48. The molecular formula is C16H27N3O. The van der Waals surface area contributed by atoms with Gasteiger partial charge in [0.15, 0.2) is 5.82 Å². The maximum atomic E-state index is 5.88. The quantitative estimate of drug-likeness (QED) is 0.832. The molecule has 1 atom stereocenters. The zero-order chi connectivity index (χ0) is 14.8. The molecule has 112 valence electrons. The van der Waals surface area contributed by atoms with Gasteiger partial charge < -0.3 is 10.1 Å². The summed E-state index contributed by atoms with van der Waals surface area (Å²) in [7, 11) is 0. The van der Waals surface area contributed by atoms with E-state index in [1.807, 2.05) is 6.92 Å². The first kappa shape index (κ1) is 15.4. The minimum absolute atomic E-state index is 0.382. The van der Waals surface area contributed by atoms with E-state index in [-0.39, 0.29) is 5.60 Å². The average molecular weight is 277 g/mol. The van der Waals surface area contributed by atoms with Gasteiger partial charge in [-0.3, -0.25) is 0 Å². The lowest BCUT2D eigenvalue weighted by molar-refractivity contribution is -0.0393. The number of nitrogens with zero attached hydrogens (tertiary/aromatic N) is 2. The van der Waals surface area contributed by atoms with Gasteiger partial charge in [-0.1, -0.05) is 6.92 Å². The molecule has 2 rings (SSSR count). The summed E-state index contributed by atoms with van der Waals surface area (Å²) in [6, 6.07) is 0.706. The van der Waals surface area contributed by atoms with Gasteiger partial charge in [0.1, 0.15) is 5.60 Å². The van der Waals surface area contributed by atoms with Crippen LogP contribution in [0.1, 0.15) is 62.8 Å². The van der Waals surface area contributed by atoms with E-state index in [4.69, 9.17) is 14.7 Å². The fourth-order valence-corrected chi connectivity index (χ4v) is 2.41. The number of hydrogen-bond donors (Lipinski definition) is 1. The topological polar surface area (TPSA) is 47.0 Å². The average Bonchev–Trinajstić information content (AvgIpc) is 3.21. The van der Waals surface area contributed by atoms with E-state index in [0.717, 1.165) is 30.2 Å². The molecule has 1 unspecified atom stereocenters. The molecule has 1 fully saturated rings. The van der Waals surface area contributed by atoms with Gasteiger partial charge in [-0.15, -0.1) is 0 Å². The normalized spacial score (nSPS) is 18.1. The molecule has 0 saturated heterocycles. The third-order valence-electron chi connectivity index (χ3n) is 4.18. The predicted molar refractivity (Wildman–Crippen MR) is 80.6 cm³/mol. The summed E-state index contributed by atoms with van der Waals surface area (Å²) >= 11 is 0. The lowest BCUT2D eigenvalue weighted by Gasteiger charge is -2.27. The summed E-state index contributed by atoms with van der Waals surface area (Å²) in [4.78, 5) is 9.44. The van der Waals surface area contributed by atoms with E-state index in [9.17, 15) is 0 Å². The summed E-state index contributed by atoms with van der Waals surface area (Å²) in [5, 5.41) is 3.54. The van der Waals surface area contributed by atoms with E-state index in [0.29, 0.717) is 12.6 Å². The smallest absolute Gasteiger partial charge is 0.160 e. The van der Waals surface area contributed by atoms with Crippen molar-refractivity contribution in [2.45, 2.75) is 72.1 Å². The Morgan fingerprint density at radius 1 is 1.20 bits per heavy atom. The monoisotopic (exact) mass is 277 g/mol. The SMILES string of the molecule is CCOC(C)(CC)c1nc(C)c(CNC2CC2)c(C)n1. The van der Waals surface area contributed by atoms with Crippen molar-refractivity contribution in [2.24, 2.45) is 0 Å². The first-order valence-electron chi connectivity index (χ1n) is 7.72. The zero-order valence-electron chi connectivity index (χ0n) is 13.4. The fourth-order valence-electron chi connectivity index (χ4n) is 2.41. The third-order valence-corrected chi connectivity index (χ3v) is 4.18. The molecule has 0 bridgehead atoms. The van der Waals surface area contributed by atoms with Gasteiger partial charge in [-0.05, 0) is 47.0 Å². The van der Waals surface area contributed by atoms with Crippen molar-refractivity contribution in [3.05, 3.63) is 22.8 Å². The minimum Gasteiger partial charge on any atom is -0.368 e. The molecule has 1 aromatic rings. The van der Waals surface area contributed by atoms with Crippen LogP contribution in [0.25, 0.3) is 0 Å². The standard InChI is InChI=1S/C16H27N3O/c1-6-16(5,20-7-2)15-18-11(3)14(12(4)19-15)10-17-13-8-9-13/h13,17H,6-10H2,1-5H3. The molecule has 1 aliphatic carbocycles. The third kappa shape index (κ3) is 3.36. The highest BCUT2D eigenvalue weighted by atomic mass is 16.5. The summed E-state index contributed by atoms with van der Waals surface area (Å²) in [5.41, 5.74) is 2.99. The number of nitrogens with one attached hydrogen (secondary N) is 1. The van der Waals surface area contributed by atoms with Crippen LogP contribution >= 0.6 is 0 Å². The van der Waals surface area contributed by atoms with E-state index in [1.165, 1.54) is 18.4 Å². The zero-order valence-corrected chi connectivity index (χ0v) is 13.4. The predicted octanol–water partition coefficient (Wildman–Crippen LogP) is 3.01. The molecule has 1 saturated carbocycles. The van der Waals surface area contributed by atoms with Crippen molar-refractivity contribution in [1.82, 2.24) is 15.3 Å². The largest absolute Gasteiger partial charge is 0.368 e. The molecule has 0 aromatic carbocycles. The highest BCUT2D eigenvalue weighted by molar-refractivity contribution is 5.25. The van der Waals surface area contributed by atoms with Crippen LogP contribution in [0, 0.1) is 13.8 Å². The van der Waals surface area contributed by atoms with Gasteiger partial charge in [-0.25, -0.2) is 9.97 Å². The number of aromatic nitrogens is 2. The van der Waals surface area contributed by atoms with Gasteiger partial charge in [0.2, 0.25) is 0 Å². The Labute approximate surface area is 122 Å². The maximum absolute atomic E-state index is 5.88. The number of hydrogen-bond acceptors (Lipinski definition) is 4. The van der Waals surface area contributed by atoms with E-state index < -0.39 is 0 Å². The van der Waals surface area contributed by atoms with Crippen molar-refractivity contribution in [2.75, 3.05) is 6.61 Å². The Morgan fingerprint density at radius 3 is 2.25 bits per heavy atom. The number of aryl methyl sites for hydroxylation is 2. The van der Waals surface area contributed by atoms with Crippen LogP contribution < -0.4 is 5.32 Å². The van der Waals surface area contributed by atoms with Crippen LogP contribution in [-0.2, 0) is 16.9 Å². The first-order chi connectivity index (χ1) is 9.50. The second-order valence-electron chi connectivity index (χ2n) is 5.87. The van der Waals surface area contributed by atoms with Crippen molar-refractivity contribution in [1.29, 1.82) is 0 Å². The second kappa shape index (κ2) is 6.19. The van der Waals surface area contributed by atoms with Crippen molar-refractivity contribution < 1.29 is 4.74 Å². The number of rotatable bonds is 7. The molecular weight excluding hydrogens is 250 g/mol. The molecule has 4 heteroatoms. The molecule has 0 amide bonds. The van der Waals surface area contributed by atoms with Crippen molar-refractivity contribution >= 4 is 0 Å². The highest BCUT2D eigenvalue weighted by Crippen LogP contribution is 2.27. The van der Waals surface area contributed by atoms with Crippen LogP contribution in [0.5, 0.6) is 0 Å². The van der Waals surface area contributed by atoms with Crippen LogP contribution in [0.3, 0.4) is 0 Å². The molecule has 1 aromatic heterocycles. The molecule has 20 heavy (non-hydrogen) atoms. The maximum Gasteiger partial charge on any atom is 0.160 e. The van der Waals surface area contributed by atoms with Gasteiger partial charge in [0.25, 0.3) is 0 Å². The van der Waals surface area contributed by atoms with E-state index in [2.05, 4.69) is 33.0 Å². The molecule has 0 radical (unpaired) electrons. The van der Waals surface area contributed by atoms with Crippen LogP contribution in [0.4, 0.5) is 0 Å². The molecule has 4 nitrogen and oxygen atoms in total. The Kier molecular flexibility index (Phi) is 4.76. The molecule has 1 N–H and O–H groups in total. The van der Waals surface area contributed by atoms with Crippen LogP contribution in [-0.4, -0.2) is 22.6 Å². The Bertz CT molecular complexity index is 448. The van der Waals surface area contributed by atoms with E-state index in [1.54, 1.807) is 0 Å². The van der Waals surface area contributed by atoms with Crippen LogP contribution in [0.15, 0.2) is 0 Å². The molecule has 0 spiro atoms. The lowest BCUT2D eigenvalue weighted by Crippen LogP contribution is -2.29. The van der Waals surface area contributed by atoms with Crippen LogP contribution in [0.2, 0.25) is 0 Å².